The Hall–Kier alpha value is -2.54. The van der Waals surface area contributed by atoms with Crippen LogP contribution in [0.1, 0.15) is 36.9 Å². The lowest BCUT2D eigenvalue weighted by atomic mass is 9.95. The van der Waals surface area contributed by atoms with Gasteiger partial charge in [-0.2, -0.15) is 0 Å². The third kappa shape index (κ3) is 5.69. The summed E-state index contributed by atoms with van der Waals surface area (Å²) in [6, 6.07) is 10.9. The van der Waals surface area contributed by atoms with Crippen LogP contribution in [-0.4, -0.2) is 60.4 Å². The molecule has 6 nitrogen and oxygen atoms in total. The maximum Gasteiger partial charge on any atom is 0.295 e. The number of aliphatic hydroxyl groups excluding tert-OH is 1. The van der Waals surface area contributed by atoms with Gasteiger partial charge in [-0.15, -0.1) is 0 Å². The Morgan fingerprint density at radius 3 is 2.42 bits per heavy atom. The summed E-state index contributed by atoms with van der Waals surface area (Å²) in [5.41, 5.74) is 0.946. The minimum absolute atomic E-state index is 0.00244. The molecular weight excluding hydrogens is 463 g/mol. The monoisotopic (exact) mass is 490 g/mol. The van der Waals surface area contributed by atoms with Crippen molar-refractivity contribution >= 4 is 40.7 Å². The highest BCUT2D eigenvalue weighted by molar-refractivity contribution is 6.47. The predicted molar refractivity (Wildman–Crippen MR) is 131 cm³/mol. The standard InChI is InChI=1S/C25H28Cl2N2O4/c1-4-5-14-33-18-9-6-16(7-10-18)23(30)21-22(19-11-8-17(26)15-20(19)27)29(13-12-28(2)3)25(32)24(21)31/h6-11,15,22,30H,4-5,12-14H2,1-3H3/b23-21+. The Bertz CT molecular complexity index is 1050. The van der Waals surface area contributed by atoms with Gasteiger partial charge >= 0.3 is 0 Å². The zero-order chi connectivity index (χ0) is 24.1. The van der Waals surface area contributed by atoms with Crippen LogP contribution >= 0.6 is 23.2 Å². The number of likely N-dealkylation sites (N-methyl/N-ethyl adjacent to an activating group) is 1. The summed E-state index contributed by atoms with van der Waals surface area (Å²) in [4.78, 5) is 29.4. The number of hydrogen-bond acceptors (Lipinski definition) is 5. The van der Waals surface area contributed by atoms with E-state index in [1.54, 1.807) is 42.5 Å². The minimum Gasteiger partial charge on any atom is -0.507 e. The summed E-state index contributed by atoms with van der Waals surface area (Å²) in [7, 11) is 3.76. The number of hydrogen-bond donors (Lipinski definition) is 1. The number of nitrogens with zero attached hydrogens (tertiary/aromatic N) is 2. The fraction of sp³-hybridized carbons (Fsp3) is 0.360. The summed E-state index contributed by atoms with van der Waals surface area (Å²) < 4.78 is 5.67. The molecule has 1 heterocycles. The topological polar surface area (TPSA) is 70.1 Å². The molecule has 1 unspecified atom stereocenters. The number of carbonyl (C=O) groups is 2. The minimum atomic E-state index is -0.824. The van der Waals surface area contributed by atoms with E-state index in [0.29, 0.717) is 46.6 Å². The number of unbranched alkanes of at least 4 members (excludes halogenated alkanes) is 1. The summed E-state index contributed by atoms with van der Waals surface area (Å²) in [6.07, 6.45) is 1.97. The van der Waals surface area contributed by atoms with Crippen LogP contribution in [0, 0.1) is 0 Å². The Morgan fingerprint density at radius 1 is 1.12 bits per heavy atom. The smallest absolute Gasteiger partial charge is 0.295 e. The summed E-state index contributed by atoms with van der Waals surface area (Å²) >= 11 is 12.5. The van der Waals surface area contributed by atoms with Gasteiger partial charge in [0.2, 0.25) is 0 Å². The quantitative estimate of drug-likeness (QED) is 0.227. The maximum absolute atomic E-state index is 13.1. The van der Waals surface area contributed by atoms with Crippen molar-refractivity contribution in [3.8, 4) is 5.75 Å². The molecule has 33 heavy (non-hydrogen) atoms. The first-order chi connectivity index (χ1) is 15.7. The fourth-order valence-electron chi connectivity index (χ4n) is 3.66. The van der Waals surface area contributed by atoms with Gasteiger partial charge in [0, 0.05) is 28.7 Å². The highest BCUT2D eigenvalue weighted by Gasteiger charge is 2.46. The van der Waals surface area contributed by atoms with Gasteiger partial charge in [-0.1, -0.05) is 42.6 Å². The number of ketones is 1. The normalized spacial score (nSPS) is 17.8. The lowest BCUT2D eigenvalue weighted by Crippen LogP contribution is -2.35. The van der Waals surface area contributed by atoms with Gasteiger partial charge in [0.1, 0.15) is 11.5 Å². The van der Waals surface area contributed by atoms with Gasteiger partial charge in [-0.25, -0.2) is 0 Å². The molecule has 0 spiro atoms. The zero-order valence-electron chi connectivity index (χ0n) is 19.0. The Kier molecular flexibility index (Phi) is 8.40. The average molecular weight is 491 g/mol. The molecule has 0 bridgehead atoms. The van der Waals surface area contributed by atoms with Crippen molar-refractivity contribution in [3.05, 3.63) is 69.2 Å². The van der Waals surface area contributed by atoms with E-state index in [0.717, 1.165) is 12.8 Å². The van der Waals surface area contributed by atoms with E-state index in [1.165, 1.54) is 4.90 Å². The first-order valence-corrected chi connectivity index (χ1v) is 11.6. The summed E-state index contributed by atoms with van der Waals surface area (Å²) in [6.45, 7) is 3.52. The largest absolute Gasteiger partial charge is 0.507 e. The molecule has 3 rings (SSSR count). The molecule has 2 aromatic rings. The van der Waals surface area contributed by atoms with Crippen LogP contribution in [0.4, 0.5) is 0 Å². The second kappa shape index (κ2) is 11.1. The van der Waals surface area contributed by atoms with Gasteiger partial charge in [0.15, 0.2) is 0 Å². The molecule has 176 valence electrons. The van der Waals surface area contributed by atoms with E-state index in [1.807, 2.05) is 19.0 Å². The van der Waals surface area contributed by atoms with Gasteiger partial charge < -0.3 is 19.6 Å². The van der Waals surface area contributed by atoms with Crippen molar-refractivity contribution in [2.75, 3.05) is 33.8 Å². The van der Waals surface area contributed by atoms with Crippen LogP contribution in [0.25, 0.3) is 5.76 Å². The second-order valence-electron chi connectivity index (χ2n) is 8.19. The van der Waals surface area contributed by atoms with E-state index in [9.17, 15) is 14.7 Å². The summed E-state index contributed by atoms with van der Waals surface area (Å²) in [5.74, 6) is -1.000. The van der Waals surface area contributed by atoms with E-state index in [2.05, 4.69) is 6.92 Å². The molecule has 0 aromatic heterocycles. The number of halogens is 2. The molecule has 1 amide bonds. The van der Waals surface area contributed by atoms with E-state index in [-0.39, 0.29) is 11.3 Å². The highest BCUT2D eigenvalue weighted by Crippen LogP contribution is 2.42. The number of amides is 1. The van der Waals surface area contributed by atoms with Crippen molar-refractivity contribution in [1.82, 2.24) is 9.80 Å². The molecule has 0 saturated carbocycles. The third-order valence-corrected chi connectivity index (χ3v) is 6.04. The van der Waals surface area contributed by atoms with Crippen LogP contribution in [0.3, 0.4) is 0 Å². The third-order valence-electron chi connectivity index (χ3n) is 5.48. The highest BCUT2D eigenvalue weighted by atomic mass is 35.5. The average Bonchev–Trinajstić information content (AvgIpc) is 3.02. The SMILES string of the molecule is CCCCOc1ccc(/C(O)=C2\C(=O)C(=O)N(CCN(C)C)C2c2ccc(Cl)cc2Cl)cc1. The van der Waals surface area contributed by atoms with Crippen molar-refractivity contribution in [1.29, 1.82) is 0 Å². The van der Waals surface area contributed by atoms with E-state index >= 15 is 0 Å². The number of Topliss-reactive ketones (excluding diaryl/α,β-unsaturated/α-hetero) is 1. The molecule has 2 aromatic carbocycles. The maximum atomic E-state index is 13.1. The van der Waals surface area contributed by atoms with E-state index < -0.39 is 17.7 Å². The van der Waals surface area contributed by atoms with Gasteiger partial charge in [-0.3, -0.25) is 9.59 Å². The molecule has 0 radical (unpaired) electrons. The number of carbonyl (C=O) groups excluding carboxylic acids is 2. The van der Waals surface area contributed by atoms with Crippen molar-refractivity contribution in [2.45, 2.75) is 25.8 Å². The molecule has 1 fully saturated rings. The molecule has 8 heteroatoms. The first kappa shape index (κ1) is 25.1. The number of ether oxygens (including phenoxy) is 1. The molecule has 1 atom stereocenters. The Balaban J connectivity index is 2.05. The van der Waals surface area contributed by atoms with Gasteiger partial charge in [0.25, 0.3) is 11.7 Å². The number of rotatable bonds is 9. The lowest BCUT2D eigenvalue weighted by Gasteiger charge is -2.27. The first-order valence-electron chi connectivity index (χ1n) is 10.9. The van der Waals surface area contributed by atoms with Crippen LogP contribution in [0.5, 0.6) is 5.75 Å². The van der Waals surface area contributed by atoms with E-state index in [4.69, 9.17) is 27.9 Å². The molecule has 1 N–H and O–H groups in total. The number of likely N-dealkylation sites (tertiary alicyclic amines) is 1. The molecular formula is C25H28Cl2N2O4. The zero-order valence-corrected chi connectivity index (χ0v) is 20.5. The van der Waals surface area contributed by atoms with Crippen LogP contribution in [0.15, 0.2) is 48.0 Å². The number of aliphatic hydroxyl groups is 1. The summed E-state index contributed by atoms with van der Waals surface area (Å²) in [5, 5.41) is 11.9. The van der Waals surface area contributed by atoms with Crippen LogP contribution in [0.2, 0.25) is 10.0 Å². The molecule has 0 aliphatic carbocycles. The Labute approximate surface area is 204 Å². The van der Waals surface area contributed by atoms with Crippen molar-refractivity contribution in [3.63, 3.8) is 0 Å². The fourth-order valence-corrected chi connectivity index (χ4v) is 4.18. The lowest BCUT2D eigenvalue weighted by molar-refractivity contribution is -0.140. The predicted octanol–water partition coefficient (Wildman–Crippen LogP) is 5.16. The molecule has 1 aliphatic rings. The van der Waals surface area contributed by atoms with Crippen LogP contribution in [-0.2, 0) is 9.59 Å². The number of benzene rings is 2. The van der Waals surface area contributed by atoms with Gasteiger partial charge in [-0.05, 0) is 62.5 Å². The van der Waals surface area contributed by atoms with Crippen LogP contribution < -0.4 is 4.74 Å². The van der Waals surface area contributed by atoms with Crippen molar-refractivity contribution in [2.24, 2.45) is 0 Å². The molecule has 1 aliphatic heterocycles. The Morgan fingerprint density at radius 2 is 1.82 bits per heavy atom. The van der Waals surface area contributed by atoms with Gasteiger partial charge in [0.05, 0.1) is 18.2 Å². The van der Waals surface area contributed by atoms with Crippen molar-refractivity contribution < 1.29 is 19.4 Å². The second-order valence-corrected chi connectivity index (χ2v) is 9.03. The molecule has 1 saturated heterocycles.